The van der Waals surface area contributed by atoms with E-state index < -0.39 is 29.3 Å². The summed E-state index contributed by atoms with van der Waals surface area (Å²) < 4.78 is 0. The molecular weight excluding hydrogens is 468 g/mol. The van der Waals surface area contributed by atoms with E-state index in [1.165, 1.54) is 4.90 Å². The number of rotatable bonds is 3. The molecule has 4 amide bonds. The molecule has 0 bridgehead atoms. The van der Waals surface area contributed by atoms with Crippen LogP contribution in [-0.2, 0) is 31.3 Å². The molecule has 4 atom stereocenters. The summed E-state index contributed by atoms with van der Waals surface area (Å²) in [5.41, 5.74) is 4.94. The monoisotopic (exact) mass is 492 g/mol. The molecule has 0 saturated carbocycles. The van der Waals surface area contributed by atoms with E-state index >= 15 is 0 Å². The van der Waals surface area contributed by atoms with Crippen LogP contribution in [0.2, 0.25) is 0 Å². The molecule has 0 radical (unpaired) electrons. The Bertz CT molecular complexity index is 1500. The van der Waals surface area contributed by atoms with Gasteiger partial charge in [-0.3, -0.25) is 24.6 Å². The first-order valence-corrected chi connectivity index (χ1v) is 12.4. The molecule has 1 N–H and O–H groups in total. The van der Waals surface area contributed by atoms with Crippen molar-refractivity contribution in [3.63, 3.8) is 0 Å². The molecule has 3 saturated heterocycles. The third-order valence-electron chi connectivity index (χ3n) is 8.28. The minimum Gasteiger partial charge on any atom is -0.306 e. The van der Waals surface area contributed by atoms with Gasteiger partial charge in [0.2, 0.25) is 17.7 Å². The number of hydrogen-bond donors (Lipinski definition) is 1. The fourth-order valence-corrected chi connectivity index (χ4v) is 6.82. The third kappa shape index (κ3) is 2.70. The fourth-order valence-electron chi connectivity index (χ4n) is 6.82. The number of amides is 4. The van der Waals surface area contributed by atoms with Crippen molar-refractivity contribution in [2.24, 2.45) is 11.8 Å². The van der Waals surface area contributed by atoms with E-state index in [-0.39, 0.29) is 24.1 Å². The highest BCUT2D eigenvalue weighted by Crippen LogP contribution is 2.61. The molecule has 184 valence electrons. The second-order valence-electron chi connectivity index (χ2n) is 10.1. The van der Waals surface area contributed by atoms with Crippen molar-refractivity contribution in [2.75, 3.05) is 9.80 Å². The number of imide groups is 1. The van der Waals surface area contributed by atoms with E-state index in [9.17, 15) is 19.2 Å². The van der Waals surface area contributed by atoms with Gasteiger partial charge in [0.1, 0.15) is 0 Å². The van der Waals surface area contributed by atoms with Crippen LogP contribution in [0.25, 0.3) is 0 Å². The molecule has 0 aromatic heterocycles. The second kappa shape index (κ2) is 7.60. The van der Waals surface area contributed by atoms with Crippen molar-refractivity contribution in [1.82, 2.24) is 10.4 Å². The summed E-state index contributed by atoms with van der Waals surface area (Å²) >= 11 is 0. The first-order valence-electron chi connectivity index (χ1n) is 12.4. The summed E-state index contributed by atoms with van der Waals surface area (Å²) in [6.07, 6.45) is 0.0533. The number of fused-ring (bicyclic) bond motifs is 7. The summed E-state index contributed by atoms with van der Waals surface area (Å²) in [4.78, 5) is 58.4. The Hall–Kier alpha value is -4.30. The molecule has 3 unspecified atom stereocenters. The molecule has 0 aliphatic carbocycles. The minimum atomic E-state index is -1.50. The predicted molar refractivity (Wildman–Crippen MR) is 135 cm³/mol. The van der Waals surface area contributed by atoms with Crippen LogP contribution in [0.15, 0.2) is 78.9 Å². The molecule has 7 rings (SSSR count). The Morgan fingerprint density at radius 1 is 0.838 bits per heavy atom. The van der Waals surface area contributed by atoms with Gasteiger partial charge in [0.15, 0.2) is 5.54 Å². The van der Waals surface area contributed by atoms with Crippen molar-refractivity contribution >= 4 is 35.0 Å². The Labute approximate surface area is 213 Å². The maximum Gasteiger partial charge on any atom is 0.255 e. The number of nitrogens with zero attached hydrogens (tertiary/aromatic N) is 3. The quantitative estimate of drug-likeness (QED) is 0.568. The largest absolute Gasteiger partial charge is 0.306 e. The lowest BCUT2D eigenvalue weighted by Gasteiger charge is -2.36. The van der Waals surface area contributed by atoms with Crippen LogP contribution < -0.4 is 15.2 Å². The molecule has 3 fully saturated rings. The van der Waals surface area contributed by atoms with Gasteiger partial charge in [0, 0.05) is 17.7 Å². The van der Waals surface area contributed by atoms with Crippen LogP contribution in [0.5, 0.6) is 0 Å². The highest BCUT2D eigenvalue weighted by atomic mass is 16.2. The Balaban J connectivity index is 1.42. The third-order valence-corrected chi connectivity index (χ3v) is 8.28. The van der Waals surface area contributed by atoms with E-state index in [2.05, 4.69) is 5.43 Å². The number of para-hydroxylation sites is 2. The zero-order valence-electron chi connectivity index (χ0n) is 20.1. The second-order valence-corrected chi connectivity index (χ2v) is 10.1. The number of carbonyl (C=O) groups is 4. The van der Waals surface area contributed by atoms with Gasteiger partial charge >= 0.3 is 0 Å². The molecule has 3 aromatic rings. The first kappa shape index (κ1) is 21.9. The summed E-state index contributed by atoms with van der Waals surface area (Å²) in [6.45, 7) is 2.16. The van der Waals surface area contributed by atoms with Crippen molar-refractivity contribution in [3.8, 4) is 0 Å². The van der Waals surface area contributed by atoms with E-state index in [0.717, 1.165) is 11.1 Å². The summed E-state index contributed by atoms with van der Waals surface area (Å²) in [7, 11) is 0. The van der Waals surface area contributed by atoms with Crippen LogP contribution in [0, 0.1) is 18.8 Å². The topological polar surface area (TPSA) is 90.0 Å². The summed E-state index contributed by atoms with van der Waals surface area (Å²) in [6, 6.07) is 23.7. The van der Waals surface area contributed by atoms with Gasteiger partial charge in [-0.15, -0.1) is 0 Å². The number of carbonyl (C=O) groups excluding carboxylic acids is 4. The van der Waals surface area contributed by atoms with E-state index in [1.807, 2.05) is 73.7 Å². The molecule has 1 spiro atoms. The Morgan fingerprint density at radius 3 is 2.27 bits per heavy atom. The molecule has 4 heterocycles. The molecule has 4 aliphatic rings. The smallest absolute Gasteiger partial charge is 0.255 e. The molecule has 8 nitrogen and oxygen atoms in total. The minimum absolute atomic E-state index is 0.0533. The maximum absolute atomic E-state index is 14.6. The van der Waals surface area contributed by atoms with Gasteiger partial charge in [0.25, 0.3) is 5.91 Å². The van der Waals surface area contributed by atoms with Crippen molar-refractivity contribution in [3.05, 3.63) is 95.6 Å². The SMILES string of the molecule is Cc1ccccc1N1C(=O)C2C3CC(=O)NN3[C@]3(C(=O)N(Cc4ccccc4)c4ccccc43)C2C1=O. The normalized spacial score (nSPS) is 28.2. The van der Waals surface area contributed by atoms with E-state index in [0.29, 0.717) is 23.5 Å². The van der Waals surface area contributed by atoms with Crippen molar-refractivity contribution in [1.29, 1.82) is 0 Å². The maximum atomic E-state index is 14.6. The van der Waals surface area contributed by atoms with Gasteiger partial charge in [-0.25, -0.2) is 4.90 Å². The van der Waals surface area contributed by atoms with Crippen LogP contribution >= 0.6 is 0 Å². The number of aryl methyl sites for hydroxylation is 1. The summed E-state index contributed by atoms with van der Waals surface area (Å²) in [5, 5.41) is 1.63. The zero-order valence-corrected chi connectivity index (χ0v) is 20.1. The average Bonchev–Trinajstić information content (AvgIpc) is 3.56. The molecule has 4 aliphatic heterocycles. The number of nitrogens with one attached hydrogen (secondary N) is 1. The zero-order chi connectivity index (χ0) is 25.5. The van der Waals surface area contributed by atoms with Crippen LogP contribution in [0.3, 0.4) is 0 Å². The van der Waals surface area contributed by atoms with Gasteiger partial charge in [-0.05, 0) is 30.2 Å². The van der Waals surface area contributed by atoms with Crippen LogP contribution in [0.4, 0.5) is 11.4 Å². The predicted octanol–water partition coefficient (Wildman–Crippen LogP) is 2.66. The van der Waals surface area contributed by atoms with Gasteiger partial charge in [-0.1, -0.05) is 66.7 Å². The molecule has 37 heavy (non-hydrogen) atoms. The van der Waals surface area contributed by atoms with Gasteiger partial charge in [-0.2, -0.15) is 5.01 Å². The highest BCUT2D eigenvalue weighted by Gasteiger charge is 2.77. The lowest BCUT2D eigenvalue weighted by Crippen LogP contribution is -2.59. The van der Waals surface area contributed by atoms with Crippen molar-refractivity contribution in [2.45, 2.75) is 31.5 Å². The van der Waals surface area contributed by atoms with Gasteiger partial charge < -0.3 is 4.90 Å². The van der Waals surface area contributed by atoms with Crippen LogP contribution in [-0.4, -0.2) is 34.7 Å². The van der Waals surface area contributed by atoms with Crippen LogP contribution in [0.1, 0.15) is 23.1 Å². The average molecular weight is 493 g/mol. The number of anilines is 2. The Kier molecular flexibility index (Phi) is 4.51. The van der Waals surface area contributed by atoms with E-state index in [1.54, 1.807) is 22.0 Å². The van der Waals surface area contributed by atoms with E-state index in [4.69, 9.17) is 0 Å². The highest BCUT2D eigenvalue weighted by molar-refractivity contribution is 6.26. The van der Waals surface area contributed by atoms with Crippen molar-refractivity contribution < 1.29 is 19.2 Å². The van der Waals surface area contributed by atoms with Gasteiger partial charge in [0.05, 0.1) is 30.1 Å². The first-order chi connectivity index (χ1) is 17.9. The molecule has 3 aromatic carbocycles. The Morgan fingerprint density at radius 2 is 1.51 bits per heavy atom. The lowest BCUT2D eigenvalue weighted by molar-refractivity contribution is -0.140. The number of hydrazine groups is 1. The number of hydrogen-bond acceptors (Lipinski definition) is 5. The summed E-state index contributed by atoms with van der Waals surface area (Å²) in [5.74, 6) is -3.11. The number of benzene rings is 3. The molecular formula is C29H24N4O4. The molecule has 8 heteroatoms. The lowest BCUT2D eigenvalue weighted by atomic mass is 9.76. The standard InChI is InChI=1S/C29H24N4O4/c1-17-9-5-7-13-20(17)32-26(35)24-22-15-23(34)30-33(22)29(25(24)27(32)36)19-12-6-8-14-21(19)31(28(29)37)16-18-10-3-2-4-11-18/h2-14,22,24-25H,15-16H2,1H3,(H,30,34)/t22?,24?,25?,29-/m0/s1. The fraction of sp³-hybridized carbons (Fsp3) is 0.241.